The lowest BCUT2D eigenvalue weighted by molar-refractivity contribution is -0.140. The van der Waals surface area contributed by atoms with Gasteiger partial charge >= 0.3 is 6.18 Å². The van der Waals surface area contributed by atoms with Gasteiger partial charge in [-0.1, -0.05) is 36.4 Å². The Morgan fingerprint density at radius 1 is 0.935 bits per heavy atom. The topological polar surface area (TPSA) is 47.0 Å². The summed E-state index contributed by atoms with van der Waals surface area (Å²) in [4.78, 5) is 8.68. The number of nitrogens with one attached hydrogen (secondary N) is 1. The summed E-state index contributed by atoms with van der Waals surface area (Å²) in [5.74, 6) is 0.887. The smallest absolute Gasteiger partial charge is 0.420 e. The van der Waals surface area contributed by atoms with E-state index >= 15 is 0 Å². The average molecular weight is 446 g/mol. The van der Waals surface area contributed by atoms with Crippen LogP contribution in [0.15, 0.2) is 70.7 Å². The van der Waals surface area contributed by atoms with Gasteiger partial charge in [0, 0.05) is 16.8 Å². The fourth-order valence-corrected chi connectivity index (χ4v) is 4.35. The number of halogens is 3. The van der Waals surface area contributed by atoms with Gasteiger partial charge < -0.3 is 10.1 Å². The maximum absolute atomic E-state index is 13.4. The first kappa shape index (κ1) is 21.5. The number of rotatable bonds is 6. The van der Waals surface area contributed by atoms with E-state index < -0.39 is 11.7 Å². The molecule has 1 fully saturated rings. The molecule has 0 atom stereocenters. The van der Waals surface area contributed by atoms with Gasteiger partial charge in [0.1, 0.15) is 16.3 Å². The minimum absolute atomic E-state index is 0.104. The van der Waals surface area contributed by atoms with Crippen LogP contribution >= 0.6 is 11.8 Å². The minimum atomic E-state index is -4.53. The second kappa shape index (κ2) is 9.60. The number of ether oxygens (including phenoxy) is 1. The van der Waals surface area contributed by atoms with Gasteiger partial charge in [-0.05, 0) is 62.1 Å². The van der Waals surface area contributed by atoms with E-state index in [-0.39, 0.29) is 17.1 Å². The van der Waals surface area contributed by atoms with Crippen LogP contribution in [-0.4, -0.2) is 16.1 Å². The van der Waals surface area contributed by atoms with E-state index in [1.807, 2.05) is 30.3 Å². The number of aromatic nitrogens is 2. The quantitative estimate of drug-likeness (QED) is 0.410. The van der Waals surface area contributed by atoms with Crippen molar-refractivity contribution >= 4 is 23.4 Å². The molecule has 0 spiro atoms. The van der Waals surface area contributed by atoms with E-state index in [0.29, 0.717) is 10.6 Å². The molecule has 3 aromatic rings. The van der Waals surface area contributed by atoms with Crippen molar-refractivity contribution in [2.24, 2.45) is 0 Å². The summed E-state index contributed by atoms with van der Waals surface area (Å²) >= 11 is 0.957. The van der Waals surface area contributed by atoms with Crippen LogP contribution in [0.25, 0.3) is 0 Å². The number of benzene rings is 2. The Labute approximate surface area is 183 Å². The summed E-state index contributed by atoms with van der Waals surface area (Å²) in [5.41, 5.74) is -0.186. The van der Waals surface area contributed by atoms with E-state index in [1.54, 1.807) is 24.3 Å². The average Bonchev–Trinajstić information content (AvgIpc) is 2.76. The molecule has 0 saturated heterocycles. The highest BCUT2D eigenvalue weighted by Gasteiger charge is 2.35. The van der Waals surface area contributed by atoms with Crippen LogP contribution in [0.5, 0.6) is 5.75 Å². The van der Waals surface area contributed by atoms with Crippen molar-refractivity contribution in [3.05, 3.63) is 66.4 Å². The maximum Gasteiger partial charge on any atom is 0.420 e. The number of hydrogen-bond acceptors (Lipinski definition) is 5. The van der Waals surface area contributed by atoms with Gasteiger partial charge in [-0.25, -0.2) is 9.97 Å². The zero-order chi connectivity index (χ0) is 21.7. The molecule has 0 radical (unpaired) electrons. The molecule has 1 aliphatic carbocycles. The lowest BCUT2D eigenvalue weighted by Crippen LogP contribution is -2.19. The highest BCUT2D eigenvalue weighted by Crippen LogP contribution is 2.38. The molecular formula is C23H22F3N3OS. The van der Waals surface area contributed by atoms with Gasteiger partial charge in [0.2, 0.25) is 5.95 Å². The Balaban J connectivity index is 1.49. The molecule has 31 heavy (non-hydrogen) atoms. The van der Waals surface area contributed by atoms with Crippen LogP contribution in [0, 0.1) is 0 Å². The fraction of sp³-hybridized carbons (Fsp3) is 0.304. The van der Waals surface area contributed by atoms with Gasteiger partial charge in [0.05, 0.1) is 6.10 Å². The molecule has 1 saturated carbocycles. The van der Waals surface area contributed by atoms with Crippen LogP contribution in [-0.2, 0) is 6.18 Å². The molecule has 2 aromatic carbocycles. The third kappa shape index (κ3) is 5.91. The summed E-state index contributed by atoms with van der Waals surface area (Å²) in [7, 11) is 0. The van der Waals surface area contributed by atoms with Crippen LogP contribution in [0.1, 0.15) is 37.7 Å². The molecule has 4 rings (SSSR count). The Kier molecular flexibility index (Phi) is 6.65. The normalized spacial score (nSPS) is 14.9. The van der Waals surface area contributed by atoms with Gasteiger partial charge in [-0.2, -0.15) is 13.2 Å². The van der Waals surface area contributed by atoms with Crippen molar-refractivity contribution < 1.29 is 17.9 Å². The molecular weight excluding hydrogens is 423 g/mol. The van der Waals surface area contributed by atoms with Crippen molar-refractivity contribution in [3.8, 4) is 5.75 Å². The molecule has 1 N–H and O–H groups in total. The van der Waals surface area contributed by atoms with E-state index in [9.17, 15) is 13.2 Å². The van der Waals surface area contributed by atoms with Gasteiger partial charge in [0.15, 0.2) is 0 Å². The molecule has 1 aliphatic rings. The highest BCUT2D eigenvalue weighted by molar-refractivity contribution is 7.99. The first-order valence-electron chi connectivity index (χ1n) is 10.2. The Morgan fingerprint density at radius 3 is 2.32 bits per heavy atom. The summed E-state index contributed by atoms with van der Waals surface area (Å²) in [5, 5.41) is 2.84. The summed E-state index contributed by atoms with van der Waals surface area (Å²) in [6, 6.07) is 16.1. The monoisotopic (exact) mass is 445 g/mol. The standard InChI is InChI=1S/C23H22F3N3OS/c24-23(25,26)20-15-27-22(29-21(20)31-19-9-5-2-6-10-19)28-16-11-13-18(14-12-16)30-17-7-3-1-4-8-17/h2,5-6,9-15,17H,1,3-4,7-8H2,(H,27,28,29). The first-order chi connectivity index (χ1) is 15.0. The van der Waals surface area contributed by atoms with Crippen molar-refractivity contribution in [3.63, 3.8) is 0 Å². The number of hydrogen-bond donors (Lipinski definition) is 1. The molecule has 4 nitrogen and oxygen atoms in total. The van der Waals surface area contributed by atoms with Crippen molar-refractivity contribution in [2.45, 2.75) is 54.3 Å². The van der Waals surface area contributed by atoms with Crippen LogP contribution in [0.2, 0.25) is 0 Å². The first-order valence-corrected chi connectivity index (χ1v) is 11.0. The second-order valence-electron chi connectivity index (χ2n) is 7.35. The maximum atomic E-state index is 13.4. The van der Waals surface area contributed by atoms with E-state index in [4.69, 9.17) is 4.74 Å². The van der Waals surface area contributed by atoms with Crippen molar-refractivity contribution in [2.75, 3.05) is 5.32 Å². The number of anilines is 2. The molecule has 0 amide bonds. The highest BCUT2D eigenvalue weighted by atomic mass is 32.2. The summed E-state index contributed by atoms with van der Waals surface area (Å²) < 4.78 is 46.3. The second-order valence-corrected chi connectivity index (χ2v) is 8.41. The molecule has 8 heteroatoms. The lowest BCUT2D eigenvalue weighted by Gasteiger charge is -2.23. The predicted octanol–water partition coefficient (Wildman–Crippen LogP) is 7.10. The van der Waals surface area contributed by atoms with Crippen molar-refractivity contribution in [1.82, 2.24) is 9.97 Å². The van der Waals surface area contributed by atoms with Gasteiger partial charge in [-0.15, -0.1) is 0 Å². The third-order valence-electron chi connectivity index (χ3n) is 4.98. The number of nitrogens with zero attached hydrogens (tertiary/aromatic N) is 2. The van der Waals surface area contributed by atoms with E-state index in [0.717, 1.165) is 36.5 Å². The molecule has 0 aliphatic heterocycles. The Bertz CT molecular complexity index is 991. The minimum Gasteiger partial charge on any atom is -0.490 e. The Morgan fingerprint density at radius 2 is 1.65 bits per heavy atom. The fourth-order valence-electron chi connectivity index (χ4n) is 3.42. The van der Waals surface area contributed by atoms with Crippen LogP contribution in [0.4, 0.5) is 24.8 Å². The molecule has 0 bridgehead atoms. The molecule has 1 heterocycles. The predicted molar refractivity (Wildman–Crippen MR) is 115 cm³/mol. The van der Waals surface area contributed by atoms with E-state index in [1.165, 1.54) is 19.3 Å². The third-order valence-corrected chi connectivity index (χ3v) is 5.99. The largest absolute Gasteiger partial charge is 0.490 e. The zero-order valence-electron chi connectivity index (χ0n) is 16.7. The summed E-state index contributed by atoms with van der Waals surface area (Å²) in [6.07, 6.45) is 2.33. The summed E-state index contributed by atoms with van der Waals surface area (Å²) in [6.45, 7) is 0. The zero-order valence-corrected chi connectivity index (χ0v) is 17.5. The lowest BCUT2D eigenvalue weighted by atomic mass is 9.98. The van der Waals surface area contributed by atoms with Crippen molar-refractivity contribution in [1.29, 1.82) is 0 Å². The number of alkyl halides is 3. The van der Waals surface area contributed by atoms with Crippen LogP contribution in [0.3, 0.4) is 0 Å². The van der Waals surface area contributed by atoms with Gasteiger partial charge in [0.25, 0.3) is 0 Å². The molecule has 1 aromatic heterocycles. The van der Waals surface area contributed by atoms with Crippen LogP contribution < -0.4 is 10.1 Å². The van der Waals surface area contributed by atoms with E-state index in [2.05, 4.69) is 15.3 Å². The SMILES string of the molecule is FC(F)(F)c1cnc(Nc2ccc(OC3CCCCC3)cc2)nc1Sc1ccccc1. The molecule has 0 unspecified atom stereocenters. The Hall–Kier alpha value is -2.74. The van der Waals surface area contributed by atoms with Gasteiger partial charge in [-0.3, -0.25) is 0 Å². The molecule has 162 valence electrons.